The number of ether oxygens (including phenoxy) is 4. The van der Waals surface area contributed by atoms with Gasteiger partial charge in [-0.2, -0.15) is 0 Å². The fourth-order valence-corrected chi connectivity index (χ4v) is 5.65. The van der Waals surface area contributed by atoms with Crippen molar-refractivity contribution in [3.8, 4) is 23.0 Å². The first-order chi connectivity index (χ1) is 22.8. The molecule has 0 bridgehead atoms. The second-order valence-electron chi connectivity index (χ2n) is 11.1. The van der Waals surface area contributed by atoms with Crippen LogP contribution in [0.1, 0.15) is 22.3 Å². The molecule has 0 unspecified atom stereocenters. The van der Waals surface area contributed by atoms with E-state index in [0.29, 0.717) is 26.4 Å². The minimum absolute atomic E-state index is 0.400. The molecule has 226 valence electrons. The Bertz CT molecular complexity index is 1880. The Morgan fingerprint density at radius 2 is 0.587 bits per heavy atom. The van der Waals surface area contributed by atoms with Gasteiger partial charge in [0.2, 0.25) is 0 Å². The molecule has 0 saturated heterocycles. The Hall–Kier alpha value is -5.74. The van der Waals surface area contributed by atoms with Crippen molar-refractivity contribution >= 4 is 21.5 Å². The van der Waals surface area contributed by atoms with E-state index in [1.807, 2.05) is 97.1 Å². The molecule has 0 radical (unpaired) electrons. The highest BCUT2D eigenvalue weighted by Crippen LogP contribution is 2.50. The Morgan fingerprint density at radius 1 is 0.283 bits per heavy atom. The molecule has 0 N–H and O–H groups in total. The van der Waals surface area contributed by atoms with Gasteiger partial charge in [0.1, 0.15) is 49.4 Å². The van der Waals surface area contributed by atoms with E-state index in [1.165, 1.54) is 0 Å². The smallest absolute Gasteiger partial charge is 0.139 e. The van der Waals surface area contributed by atoms with Gasteiger partial charge >= 0.3 is 0 Å². The molecule has 0 aliphatic rings. The summed E-state index contributed by atoms with van der Waals surface area (Å²) in [5, 5.41) is 3.52. The van der Waals surface area contributed by atoms with Crippen molar-refractivity contribution in [1.29, 1.82) is 0 Å². The Balaban J connectivity index is 1.40. The van der Waals surface area contributed by atoms with Crippen LogP contribution in [-0.2, 0) is 26.4 Å². The first-order valence-corrected chi connectivity index (χ1v) is 15.5. The van der Waals surface area contributed by atoms with Crippen LogP contribution in [0.25, 0.3) is 21.5 Å². The van der Waals surface area contributed by atoms with Crippen LogP contribution in [0.4, 0.5) is 0 Å². The summed E-state index contributed by atoms with van der Waals surface area (Å²) in [6.07, 6.45) is 0. The molecular formula is C42H34O4. The Labute approximate surface area is 269 Å². The van der Waals surface area contributed by atoms with E-state index in [-0.39, 0.29) is 0 Å². The van der Waals surface area contributed by atoms with Gasteiger partial charge in [0.25, 0.3) is 0 Å². The van der Waals surface area contributed by atoms with Crippen LogP contribution in [-0.4, -0.2) is 0 Å². The molecule has 4 nitrogen and oxygen atoms in total. The molecule has 7 rings (SSSR count). The highest BCUT2D eigenvalue weighted by Gasteiger charge is 2.23. The van der Waals surface area contributed by atoms with Gasteiger partial charge in [-0.3, -0.25) is 0 Å². The van der Waals surface area contributed by atoms with Gasteiger partial charge in [0.15, 0.2) is 0 Å². The SMILES string of the molecule is c1ccc(COc2cccc3c(OCc4ccccc4)c4c(OCc5ccccc5)cccc4c(OCc4ccccc4)c23)cc1. The summed E-state index contributed by atoms with van der Waals surface area (Å²) in [6, 6.07) is 53.0. The minimum atomic E-state index is 0.400. The van der Waals surface area contributed by atoms with Crippen molar-refractivity contribution in [2.24, 2.45) is 0 Å². The Kier molecular flexibility index (Phi) is 8.77. The molecule has 0 fully saturated rings. The minimum Gasteiger partial charge on any atom is -0.488 e. The summed E-state index contributed by atoms with van der Waals surface area (Å²) in [5.41, 5.74) is 4.33. The van der Waals surface area contributed by atoms with Crippen LogP contribution in [0.2, 0.25) is 0 Å². The second kappa shape index (κ2) is 13.9. The third kappa shape index (κ3) is 6.52. The molecule has 0 aliphatic heterocycles. The van der Waals surface area contributed by atoms with Crippen molar-refractivity contribution < 1.29 is 18.9 Å². The summed E-state index contributed by atoms with van der Waals surface area (Å²) in [4.78, 5) is 0. The van der Waals surface area contributed by atoms with Crippen molar-refractivity contribution in [2.45, 2.75) is 26.4 Å². The van der Waals surface area contributed by atoms with E-state index < -0.39 is 0 Å². The largest absolute Gasteiger partial charge is 0.488 e. The van der Waals surface area contributed by atoms with Crippen LogP contribution < -0.4 is 18.9 Å². The van der Waals surface area contributed by atoms with Crippen LogP contribution >= 0.6 is 0 Å². The molecule has 0 saturated carbocycles. The topological polar surface area (TPSA) is 36.9 Å². The Morgan fingerprint density at radius 3 is 0.913 bits per heavy atom. The van der Waals surface area contributed by atoms with Gasteiger partial charge in [-0.1, -0.05) is 146 Å². The van der Waals surface area contributed by atoms with Crippen molar-refractivity contribution in [1.82, 2.24) is 0 Å². The third-order valence-electron chi connectivity index (χ3n) is 7.92. The van der Waals surface area contributed by atoms with Gasteiger partial charge in [-0.25, -0.2) is 0 Å². The number of rotatable bonds is 12. The maximum atomic E-state index is 6.76. The molecule has 7 aromatic carbocycles. The van der Waals surface area contributed by atoms with E-state index in [2.05, 4.69) is 60.7 Å². The van der Waals surface area contributed by atoms with E-state index in [0.717, 1.165) is 66.8 Å². The highest BCUT2D eigenvalue weighted by molar-refractivity contribution is 6.15. The van der Waals surface area contributed by atoms with Crippen LogP contribution in [0, 0.1) is 0 Å². The number of fused-ring (bicyclic) bond motifs is 2. The summed E-state index contributed by atoms with van der Waals surface area (Å²) < 4.78 is 26.6. The maximum absolute atomic E-state index is 6.76. The van der Waals surface area contributed by atoms with Crippen molar-refractivity contribution in [3.63, 3.8) is 0 Å². The molecule has 0 atom stereocenters. The first kappa shape index (κ1) is 29.0. The lowest BCUT2D eigenvalue weighted by atomic mass is 9.98. The summed E-state index contributed by atoms with van der Waals surface area (Å²) >= 11 is 0. The van der Waals surface area contributed by atoms with Gasteiger partial charge < -0.3 is 18.9 Å². The molecule has 4 heteroatoms. The van der Waals surface area contributed by atoms with Crippen LogP contribution in [0.15, 0.2) is 158 Å². The maximum Gasteiger partial charge on any atom is 0.139 e. The highest BCUT2D eigenvalue weighted by atomic mass is 16.5. The monoisotopic (exact) mass is 602 g/mol. The van der Waals surface area contributed by atoms with Crippen LogP contribution in [0.5, 0.6) is 23.0 Å². The summed E-state index contributed by atoms with van der Waals surface area (Å²) in [5.74, 6) is 2.92. The molecule has 46 heavy (non-hydrogen) atoms. The molecular weight excluding hydrogens is 568 g/mol. The molecule has 0 aliphatic carbocycles. The quantitative estimate of drug-likeness (QED) is 0.130. The zero-order valence-electron chi connectivity index (χ0n) is 25.5. The molecule has 0 spiro atoms. The zero-order valence-corrected chi connectivity index (χ0v) is 25.5. The van der Waals surface area contributed by atoms with E-state index in [4.69, 9.17) is 18.9 Å². The molecule has 0 amide bonds. The number of hydrogen-bond acceptors (Lipinski definition) is 4. The normalized spacial score (nSPS) is 11.0. The molecule has 0 heterocycles. The van der Waals surface area contributed by atoms with Gasteiger partial charge in [0.05, 0.1) is 10.8 Å². The van der Waals surface area contributed by atoms with Gasteiger partial charge in [-0.15, -0.1) is 0 Å². The van der Waals surface area contributed by atoms with E-state index in [1.54, 1.807) is 0 Å². The van der Waals surface area contributed by atoms with Gasteiger partial charge in [-0.05, 0) is 34.4 Å². The zero-order chi connectivity index (χ0) is 31.0. The predicted octanol–water partition coefficient (Wildman–Crippen LogP) is 10.3. The molecule has 0 aromatic heterocycles. The molecule has 7 aromatic rings. The summed E-state index contributed by atoms with van der Waals surface area (Å²) in [6.45, 7) is 1.65. The fraction of sp³-hybridized carbons (Fsp3) is 0.0952. The van der Waals surface area contributed by atoms with Gasteiger partial charge in [0, 0.05) is 10.8 Å². The van der Waals surface area contributed by atoms with Crippen molar-refractivity contribution in [3.05, 3.63) is 180 Å². The fourth-order valence-electron chi connectivity index (χ4n) is 5.65. The lowest BCUT2D eigenvalue weighted by molar-refractivity contribution is 0.294. The lowest BCUT2D eigenvalue weighted by Gasteiger charge is -2.22. The van der Waals surface area contributed by atoms with E-state index in [9.17, 15) is 0 Å². The van der Waals surface area contributed by atoms with Crippen LogP contribution in [0.3, 0.4) is 0 Å². The summed E-state index contributed by atoms with van der Waals surface area (Å²) in [7, 11) is 0. The second-order valence-corrected chi connectivity index (χ2v) is 11.1. The lowest BCUT2D eigenvalue weighted by Crippen LogP contribution is -2.04. The standard InChI is InChI=1S/C42H34O4/c1-5-15-31(16-6-1)27-43-37-25-13-23-35-39(37)41(45-29-33-19-9-3-10-20-33)36-24-14-26-38(44-28-32-17-7-2-8-18-32)40(36)42(35)46-30-34-21-11-4-12-22-34/h1-26H,27-30H2. The third-order valence-corrected chi connectivity index (χ3v) is 7.92. The predicted molar refractivity (Wildman–Crippen MR) is 185 cm³/mol. The average molecular weight is 603 g/mol. The van der Waals surface area contributed by atoms with E-state index >= 15 is 0 Å². The van der Waals surface area contributed by atoms with Crippen molar-refractivity contribution in [2.75, 3.05) is 0 Å². The average Bonchev–Trinajstić information content (AvgIpc) is 3.13. The number of benzene rings is 7. The first-order valence-electron chi connectivity index (χ1n) is 15.5. The number of hydrogen-bond donors (Lipinski definition) is 0.